The van der Waals surface area contributed by atoms with Crippen LogP contribution in [0.5, 0.6) is 0 Å². The molecule has 1 nitrogen and oxygen atoms in total. The highest BCUT2D eigenvalue weighted by atomic mass is 127. The zero-order valence-electron chi connectivity index (χ0n) is 14.4. The molecule has 25 heavy (non-hydrogen) atoms. The summed E-state index contributed by atoms with van der Waals surface area (Å²) in [6.07, 6.45) is 2.62. The number of benzene rings is 3. The summed E-state index contributed by atoms with van der Waals surface area (Å²) in [4.78, 5) is 0. The van der Waals surface area contributed by atoms with Crippen LogP contribution in [0.25, 0.3) is 0 Å². The Kier molecular flexibility index (Phi) is 5.93. The van der Waals surface area contributed by atoms with Gasteiger partial charge in [-0.05, 0) is 49.2 Å². The van der Waals surface area contributed by atoms with E-state index in [1.807, 2.05) is 0 Å². The number of nitrogens with zero attached hydrogens (tertiary/aromatic N) is 1. The molecule has 0 radical (unpaired) electrons. The number of rotatable bonds is 5. The zero-order valence-corrected chi connectivity index (χ0v) is 17.5. The predicted molar refractivity (Wildman–Crippen MR) is 106 cm³/mol. The third-order valence-electron chi connectivity index (χ3n) is 4.94. The molecule has 0 bridgehead atoms. The Morgan fingerprint density at radius 2 is 0.960 bits per heavy atom. The maximum absolute atomic E-state index is 2.69. The molecule has 0 aromatic heterocycles. The maximum Gasteiger partial charge on any atom is 0.181 e. The lowest BCUT2D eigenvalue weighted by Gasteiger charge is -2.34. The van der Waals surface area contributed by atoms with E-state index >= 15 is 0 Å². The lowest BCUT2D eigenvalue weighted by molar-refractivity contribution is -0.00000474. The van der Waals surface area contributed by atoms with Crippen molar-refractivity contribution in [2.75, 3.05) is 7.05 Å². The first-order valence-electron chi connectivity index (χ1n) is 8.62. The van der Waals surface area contributed by atoms with Crippen molar-refractivity contribution in [1.29, 1.82) is 0 Å². The Labute approximate surface area is 168 Å². The lowest BCUT2D eigenvalue weighted by atomic mass is 10.4. The van der Waals surface area contributed by atoms with Gasteiger partial charge in [0, 0.05) is 13.1 Å². The largest absolute Gasteiger partial charge is 1.00 e. The zero-order chi connectivity index (χ0) is 16.4. The molecule has 0 unspecified atom stereocenters. The second-order valence-electron chi connectivity index (χ2n) is 6.45. The highest BCUT2D eigenvalue weighted by Gasteiger charge is 2.54. The van der Waals surface area contributed by atoms with Gasteiger partial charge in [0.15, 0.2) is 7.41 Å². The summed E-state index contributed by atoms with van der Waals surface area (Å²) in [5.41, 5.74) is 0. The van der Waals surface area contributed by atoms with Crippen molar-refractivity contribution in [2.45, 2.75) is 18.9 Å². The Morgan fingerprint density at radius 3 is 1.24 bits per heavy atom. The Bertz CT molecular complexity index is 691. The van der Waals surface area contributed by atoms with E-state index in [1.165, 1.54) is 28.8 Å². The second-order valence-corrected chi connectivity index (χ2v) is 9.90. The average molecular weight is 459 g/mol. The summed E-state index contributed by atoms with van der Waals surface area (Å²) in [6, 6.07) is 34.0. The van der Waals surface area contributed by atoms with Crippen molar-refractivity contribution in [3.63, 3.8) is 0 Å². The molecule has 3 aromatic carbocycles. The van der Waals surface area contributed by atoms with Crippen molar-refractivity contribution < 1.29 is 24.0 Å². The van der Waals surface area contributed by atoms with Crippen molar-refractivity contribution in [1.82, 2.24) is 4.67 Å². The van der Waals surface area contributed by atoms with E-state index in [-0.39, 0.29) is 24.0 Å². The van der Waals surface area contributed by atoms with Gasteiger partial charge in [0.05, 0.1) is 0 Å². The first-order chi connectivity index (χ1) is 11.8. The topological polar surface area (TPSA) is 3.24 Å². The Balaban J connectivity index is 0.00000182. The molecule has 1 aliphatic rings. The first-order valence-corrected chi connectivity index (χ1v) is 10.4. The Hall–Kier alpha value is -1.22. The third-order valence-corrected chi connectivity index (χ3v) is 9.35. The molecule has 3 aromatic rings. The molecule has 3 heteroatoms. The molecule has 1 saturated carbocycles. The van der Waals surface area contributed by atoms with E-state index in [4.69, 9.17) is 0 Å². The fourth-order valence-electron chi connectivity index (χ4n) is 3.62. The van der Waals surface area contributed by atoms with Crippen LogP contribution in [0.4, 0.5) is 0 Å². The van der Waals surface area contributed by atoms with Crippen LogP contribution in [0.1, 0.15) is 12.8 Å². The van der Waals surface area contributed by atoms with Crippen LogP contribution in [0, 0.1) is 0 Å². The molecule has 128 valence electrons. The van der Waals surface area contributed by atoms with Crippen LogP contribution in [0.3, 0.4) is 0 Å². The van der Waals surface area contributed by atoms with Crippen molar-refractivity contribution in [2.24, 2.45) is 0 Å². The first kappa shape index (κ1) is 18.6. The van der Waals surface area contributed by atoms with Crippen LogP contribution < -0.4 is 39.9 Å². The SMILES string of the molecule is CN(C1CC1)[P+](c1ccccc1)(c1ccccc1)c1ccccc1.[I-]. The smallest absolute Gasteiger partial charge is 0.181 e. The fourth-order valence-corrected chi connectivity index (χ4v) is 8.14. The van der Waals surface area contributed by atoms with Crippen LogP contribution in [0.2, 0.25) is 0 Å². The van der Waals surface area contributed by atoms with E-state index in [0.717, 1.165) is 0 Å². The summed E-state index contributed by atoms with van der Waals surface area (Å²) < 4.78 is 2.69. The van der Waals surface area contributed by atoms with E-state index < -0.39 is 7.41 Å². The quantitative estimate of drug-likeness (QED) is 0.407. The highest BCUT2D eigenvalue weighted by molar-refractivity contribution is 7.93. The standard InChI is InChI=1S/C22H23NP.HI/c1-23(19-17-18-19)24(20-11-5-2-6-12-20,21-13-7-3-8-14-21)22-15-9-4-10-16-22;/h2-16,19H,17-18H2,1H3;1H/q+1;/p-1. The monoisotopic (exact) mass is 459 g/mol. The molecule has 1 aliphatic carbocycles. The van der Waals surface area contributed by atoms with Gasteiger partial charge in [-0.1, -0.05) is 54.6 Å². The molecule has 0 N–H and O–H groups in total. The molecule has 4 rings (SSSR count). The molecule has 0 atom stereocenters. The summed E-state index contributed by atoms with van der Waals surface area (Å²) in [7, 11) is 0.527. The minimum atomic E-state index is -1.80. The third kappa shape index (κ3) is 3.40. The van der Waals surface area contributed by atoms with Gasteiger partial charge in [-0.25, -0.2) is 0 Å². The van der Waals surface area contributed by atoms with Gasteiger partial charge in [-0.3, -0.25) is 0 Å². The van der Waals surface area contributed by atoms with E-state index in [1.54, 1.807) is 0 Å². The van der Waals surface area contributed by atoms with Gasteiger partial charge in [-0.2, -0.15) is 4.67 Å². The van der Waals surface area contributed by atoms with Crippen LogP contribution >= 0.6 is 7.41 Å². The number of hydrogen-bond donors (Lipinski definition) is 0. The van der Waals surface area contributed by atoms with Crippen molar-refractivity contribution >= 4 is 23.3 Å². The van der Waals surface area contributed by atoms with Crippen LogP contribution in [0.15, 0.2) is 91.0 Å². The van der Waals surface area contributed by atoms with Gasteiger partial charge in [0.2, 0.25) is 0 Å². The van der Waals surface area contributed by atoms with Crippen molar-refractivity contribution in [3.05, 3.63) is 91.0 Å². The fraction of sp³-hybridized carbons (Fsp3) is 0.182. The molecular weight excluding hydrogens is 436 g/mol. The molecule has 0 amide bonds. The minimum Gasteiger partial charge on any atom is -1.00 e. The normalized spacial score (nSPS) is 14.2. The van der Waals surface area contributed by atoms with Crippen molar-refractivity contribution in [3.8, 4) is 0 Å². The summed E-state index contributed by atoms with van der Waals surface area (Å²) >= 11 is 0. The summed E-state index contributed by atoms with van der Waals surface area (Å²) in [5, 5.41) is 4.32. The number of halogens is 1. The predicted octanol–water partition coefficient (Wildman–Crippen LogP) is 0.994. The lowest BCUT2D eigenvalue weighted by Crippen LogP contribution is -3.00. The van der Waals surface area contributed by atoms with Gasteiger partial charge in [-0.15, -0.1) is 0 Å². The molecular formula is C22H23INP. The molecule has 0 aliphatic heterocycles. The summed E-state index contributed by atoms with van der Waals surface area (Å²) in [6.45, 7) is 0. The minimum absolute atomic E-state index is 0. The molecule has 0 spiro atoms. The maximum atomic E-state index is 2.69. The van der Waals surface area contributed by atoms with Gasteiger partial charge >= 0.3 is 0 Å². The van der Waals surface area contributed by atoms with E-state index in [2.05, 4.69) is 103 Å². The highest BCUT2D eigenvalue weighted by Crippen LogP contribution is 2.61. The average Bonchev–Trinajstić information content (AvgIpc) is 3.50. The van der Waals surface area contributed by atoms with Crippen LogP contribution in [-0.4, -0.2) is 17.8 Å². The second kappa shape index (κ2) is 7.99. The van der Waals surface area contributed by atoms with E-state index in [0.29, 0.717) is 6.04 Å². The van der Waals surface area contributed by atoms with Gasteiger partial charge < -0.3 is 24.0 Å². The summed E-state index contributed by atoms with van der Waals surface area (Å²) in [5.74, 6) is 0. The van der Waals surface area contributed by atoms with Gasteiger partial charge in [0.1, 0.15) is 15.9 Å². The molecule has 1 fully saturated rings. The Morgan fingerprint density at radius 1 is 0.640 bits per heavy atom. The molecule has 0 heterocycles. The van der Waals surface area contributed by atoms with E-state index in [9.17, 15) is 0 Å². The van der Waals surface area contributed by atoms with Crippen LogP contribution in [-0.2, 0) is 0 Å². The molecule has 0 saturated heterocycles. The van der Waals surface area contributed by atoms with Gasteiger partial charge in [0.25, 0.3) is 0 Å². The number of hydrogen-bond acceptors (Lipinski definition) is 1.